The number of piperazine rings is 1. The highest BCUT2D eigenvalue weighted by molar-refractivity contribution is 7.09. The molecule has 106 valence electrons. The van der Waals surface area contributed by atoms with Crippen molar-refractivity contribution >= 4 is 17.2 Å². The van der Waals surface area contributed by atoms with Gasteiger partial charge in [-0.1, -0.05) is 6.92 Å². The van der Waals surface area contributed by atoms with Gasteiger partial charge in [0.1, 0.15) is 0 Å². The molecule has 5 nitrogen and oxygen atoms in total. The van der Waals surface area contributed by atoms with E-state index in [4.69, 9.17) is 5.11 Å². The molecular formula is C13H21N3O2S. The van der Waals surface area contributed by atoms with Gasteiger partial charge in [-0.15, -0.1) is 11.3 Å². The Kier molecular flexibility index (Phi) is 5.30. The normalized spacial score (nSPS) is 16.8. The minimum atomic E-state index is 0.164. The van der Waals surface area contributed by atoms with E-state index < -0.39 is 0 Å². The lowest BCUT2D eigenvalue weighted by molar-refractivity contribution is -0.132. The zero-order valence-electron chi connectivity index (χ0n) is 11.3. The first-order valence-electron chi connectivity index (χ1n) is 6.77. The number of aromatic nitrogens is 1. The Morgan fingerprint density at radius 1 is 1.42 bits per heavy atom. The van der Waals surface area contributed by atoms with Gasteiger partial charge in [0.2, 0.25) is 5.91 Å². The molecule has 1 saturated heterocycles. The standard InChI is InChI=1S/C13H21N3O2S/c1-2-12-14-11(10-19-12)9-13(18)16-5-3-15(4-6-16)7-8-17/h10,17H,2-9H2,1H3. The number of rotatable bonds is 5. The van der Waals surface area contributed by atoms with Crippen molar-refractivity contribution in [2.24, 2.45) is 0 Å². The van der Waals surface area contributed by atoms with E-state index in [1.807, 2.05) is 10.3 Å². The minimum absolute atomic E-state index is 0.164. The van der Waals surface area contributed by atoms with Gasteiger partial charge < -0.3 is 10.0 Å². The van der Waals surface area contributed by atoms with Gasteiger partial charge in [-0.25, -0.2) is 4.98 Å². The number of hydrogen-bond acceptors (Lipinski definition) is 5. The molecule has 1 amide bonds. The maximum Gasteiger partial charge on any atom is 0.228 e. The summed E-state index contributed by atoms with van der Waals surface area (Å²) in [6, 6.07) is 0. The number of aliphatic hydroxyl groups excluding tert-OH is 1. The number of thiazole rings is 1. The number of amides is 1. The first kappa shape index (κ1) is 14.4. The molecule has 0 bridgehead atoms. The summed E-state index contributed by atoms with van der Waals surface area (Å²) in [6.07, 6.45) is 1.34. The van der Waals surface area contributed by atoms with E-state index in [0.717, 1.165) is 43.3 Å². The average Bonchev–Trinajstić information content (AvgIpc) is 2.87. The predicted molar refractivity (Wildman–Crippen MR) is 75.3 cm³/mol. The highest BCUT2D eigenvalue weighted by Crippen LogP contribution is 2.12. The van der Waals surface area contributed by atoms with Crippen molar-refractivity contribution in [1.29, 1.82) is 0 Å². The average molecular weight is 283 g/mol. The van der Waals surface area contributed by atoms with Crippen molar-refractivity contribution in [3.05, 3.63) is 16.1 Å². The zero-order chi connectivity index (χ0) is 13.7. The number of aryl methyl sites for hydroxylation is 1. The second-order valence-corrected chi connectivity index (χ2v) is 5.65. The summed E-state index contributed by atoms with van der Waals surface area (Å²) in [6.45, 7) is 6.17. The Labute approximate surface area is 117 Å². The van der Waals surface area contributed by atoms with Gasteiger partial charge in [-0.05, 0) is 6.42 Å². The Morgan fingerprint density at radius 2 is 2.16 bits per heavy atom. The van der Waals surface area contributed by atoms with Crippen LogP contribution in [0.4, 0.5) is 0 Å². The molecule has 2 heterocycles. The monoisotopic (exact) mass is 283 g/mol. The smallest absolute Gasteiger partial charge is 0.228 e. The molecule has 1 aliphatic heterocycles. The molecule has 0 radical (unpaired) electrons. The van der Waals surface area contributed by atoms with E-state index in [0.29, 0.717) is 13.0 Å². The van der Waals surface area contributed by atoms with Gasteiger partial charge in [0.15, 0.2) is 0 Å². The van der Waals surface area contributed by atoms with Crippen LogP contribution in [0.5, 0.6) is 0 Å². The van der Waals surface area contributed by atoms with Gasteiger partial charge in [-0.3, -0.25) is 9.69 Å². The van der Waals surface area contributed by atoms with Crippen LogP contribution < -0.4 is 0 Å². The molecular weight excluding hydrogens is 262 g/mol. The molecule has 0 atom stereocenters. The van der Waals surface area contributed by atoms with Gasteiger partial charge >= 0.3 is 0 Å². The maximum absolute atomic E-state index is 12.2. The Morgan fingerprint density at radius 3 is 2.74 bits per heavy atom. The van der Waals surface area contributed by atoms with E-state index in [2.05, 4.69) is 16.8 Å². The first-order chi connectivity index (χ1) is 9.22. The van der Waals surface area contributed by atoms with Gasteiger partial charge in [0.05, 0.1) is 23.7 Å². The molecule has 2 rings (SSSR count). The third kappa shape index (κ3) is 3.99. The Balaban J connectivity index is 1.81. The van der Waals surface area contributed by atoms with Gasteiger partial charge in [0, 0.05) is 38.1 Å². The lowest BCUT2D eigenvalue weighted by Gasteiger charge is -2.34. The third-order valence-electron chi connectivity index (χ3n) is 3.38. The Bertz CT molecular complexity index is 414. The number of nitrogens with zero attached hydrogens (tertiary/aromatic N) is 3. The number of β-amino-alcohol motifs (C(OH)–C–C–N with tert-alkyl or cyclic N) is 1. The van der Waals surface area contributed by atoms with Crippen LogP contribution in [0.15, 0.2) is 5.38 Å². The van der Waals surface area contributed by atoms with Crippen molar-refractivity contribution in [2.45, 2.75) is 19.8 Å². The topological polar surface area (TPSA) is 56.7 Å². The molecule has 0 aromatic carbocycles. The second kappa shape index (κ2) is 6.98. The lowest BCUT2D eigenvalue weighted by Crippen LogP contribution is -2.49. The SMILES string of the molecule is CCc1nc(CC(=O)N2CCN(CCO)CC2)cs1. The maximum atomic E-state index is 12.2. The molecule has 6 heteroatoms. The minimum Gasteiger partial charge on any atom is -0.395 e. The van der Waals surface area contributed by atoms with Crippen molar-refractivity contribution in [2.75, 3.05) is 39.3 Å². The fourth-order valence-electron chi connectivity index (χ4n) is 2.22. The quantitative estimate of drug-likeness (QED) is 0.849. The summed E-state index contributed by atoms with van der Waals surface area (Å²) in [7, 11) is 0. The molecule has 1 aromatic heterocycles. The van der Waals surface area contributed by atoms with Crippen LogP contribution in [0, 0.1) is 0 Å². The zero-order valence-corrected chi connectivity index (χ0v) is 12.2. The van der Waals surface area contributed by atoms with Gasteiger partial charge in [-0.2, -0.15) is 0 Å². The van der Waals surface area contributed by atoms with Gasteiger partial charge in [0.25, 0.3) is 0 Å². The van der Waals surface area contributed by atoms with E-state index in [9.17, 15) is 4.79 Å². The van der Waals surface area contributed by atoms with Crippen LogP contribution in [0.2, 0.25) is 0 Å². The van der Waals surface area contributed by atoms with Crippen LogP contribution in [-0.2, 0) is 17.6 Å². The van der Waals surface area contributed by atoms with E-state index in [1.165, 1.54) is 0 Å². The molecule has 0 aliphatic carbocycles. The molecule has 0 saturated carbocycles. The molecule has 1 aliphatic rings. The highest BCUT2D eigenvalue weighted by Gasteiger charge is 2.21. The molecule has 0 spiro atoms. The summed E-state index contributed by atoms with van der Waals surface area (Å²) in [5, 5.41) is 12.0. The van der Waals surface area contributed by atoms with Crippen LogP contribution in [0.1, 0.15) is 17.6 Å². The summed E-state index contributed by atoms with van der Waals surface area (Å²) >= 11 is 1.63. The van der Waals surface area contributed by atoms with Crippen molar-refractivity contribution in [3.8, 4) is 0 Å². The molecule has 1 N–H and O–H groups in total. The van der Waals surface area contributed by atoms with E-state index in [1.54, 1.807) is 11.3 Å². The number of aliphatic hydroxyl groups is 1. The largest absolute Gasteiger partial charge is 0.395 e. The third-order valence-corrected chi connectivity index (χ3v) is 4.42. The first-order valence-corrected chi connectivity index (χ1v) is 7.65. The summed E-state index contributed by atoms with van der Waals surface area (Å²) in [5.74, 6) is 0.164. The molecule has 1 aromatic rings. The second-order valence-electron chi connectivity index (χ2n) is 4.71. The van der Waals surface area contributed by atoms with Crippen LogP contribution >= 0.6 is 11.3 Å². The molecule has 19 heavy (non-hydrogen) atoms. The fraction of sp³-hybridized carbons (Fsp3) is 0.692. The summed E-state index contributed by atoms with van der Waals surface area (Å²) < 4.78 is 0. The number of hydrogen-bond donors (Lipinski definition) is 1. The fourth-order valence-corrected chi connectivity index (χ4v) is 2.97. The number of carbonyl (C=O) groups excluding carboxylic acids is 1. The highest BCUT2D eigenvalue weighted by atomic mass is 32.1. The van der Waals surface area contributed by atoms with Crippen LogP contribution in [0.3, 0.4) is 0 Å². The summed E-state index contributed by atoms with van der Waals surface area (Å²) in [5.41, 5.74) is 0.893. The van der Waals surface area contributed by atoms with Crippen molar-refractivity contribution < 1.29 is 9.90 Å². The van der Waals surface area contributed by atoms with E-state index >= 15 is 0 Å². The number of carbonyl (C=O) groups is 1. The Hall–Kier alpha value is -0.980. The molecule has 0 unspecified atom stereocenters. The lowest BCUT2D eigenvalue weighted by atomic mass is 10.2. The summed E-state index contributed by atoms with van der Waals surface area (Å²) in [4.78, 5) is 20.7. The molecule has 1 fully saturated rings. The van der Waals surface area contributed by atoms with Crippen molar-refractivity contribution in [1.82, 2.24) is 14.8 Å². The van der Waals surface area contributed by atoms with Crippen LogP contribution in [-0.4, -0.2) is 65.1 Å². The van der Waals surface area contributed by atoms with E-state index in [-0.39, 0.29) is 12.5 Å². The van der Waals surface area contributed by atoms with Crippen molar-refractivity contribution in [3.63, 3.8) is 0 Å². The predicted octanol–water partition coefficient (Wildman–Crippen LogP) is 0.385. The van der Waals surface area contributed by atoms with Crippen LogP contribution in [0.25, 0.3) is 0 Å².